The van der Waals surface area contributed by atoms with Crippen LogP contribution in [0.15, 0.2) is 22.9 Å². The molecule has 6 heteroatoms. The van der Waals surface area contributed by atoms with Gasteiger partial charge in [-0.05, 0) is 27.1 Å². The first-order valence-corrected chi connectivity index (χ1v) is 6.46. The molecule has 0 saturated heterocycles. The predicted molar refractivity (Wildman–Crippen MR) is 73.3 cm³/mol. The largest absolute Gasteiger partial charge is 0.469 e. The van der Waals surface area contributed by atoms with Gasteiger partial charge < -0.3 is 14.4 Å². The Hall–Kier alpha value is -1.30. The summed E-state index contributed by atoms with van der Waals surface area (Å²) in [7, 11) is 3.98. The van der Waals surface area contributed by atoms with E-state index in [0.717, 1.165) is 6.54 Å². The van der Waals surface area contributed by atoms with Crippen LogP contribution in [0.1, 0.15) is 23.1 Å². The summed E-state index contributed by atoms with van der Waals surface area (Å²) >= 11 is 6.14. The number of likely N-dealkylation sites (N-methyl/N-ethyl adjacent to an activating group) is 1. The maximum atomic E-state index is 10.5. The Morgan fingerprint density at radius 2 is 2.26 bits per heavy atom. The molecule has 0 bridgehead atoms. The Bertz CT molecular complexity index is 548. The second-order valence-electron chi connectivity index (χ2n) is 4.74. The number of halogens is 1. The molecule has 0 amide bonds. The van der Waals surface area contributed by atoms with E-state index in [2.05, 4.69) is 10.00 Å². The lowest BCUT2D eigenvalue weighted by atomic mass is 10.1. The van der Waals surface area contributed by atoms with Crippen molar-refractivity contribution in [1.29, 1.82) is 0 Å². The molecule has 5 nitrogen and oxygen atoms in total. The van der Waals surface area contributed by atoms with Crippen molar-refractivity contribution < 1.29 is 9.52 Å². The molecule has 1 atom stereocenters. The van der Waals surface area contributed by atoms with Crippen LogP contribution in [0, 0.1) is 6.92 Å². The van der Waals surface area contributed by atoms with Crippen LogP contribution in [0.25, 0.3) is 0 Å². The number of furan rings is 1. The van der Waals surface area contributed by atoms with Gasteiger partial charge in [0.25, 0.3) is 0 Å². The molecule has 0 saturated carbocycles. The van der Waals surface area contributed by atoms with Crippen molar-refractivity contribution >= 4 is 11.6 Å². The van der Waals surface area contributed by atoms with Gasteiger partial charge in [-0.1, -0.05) is 11.6 Å². The lowest BCUT2D eigenvalue weighted by Gasteiger charge is -2.15. The highest BCUT2D eigenvalue weighted by molar-refractivity contribution is 6.31. The summed E-state index contributed by atoms with van der Waals surface area (Å²) in [6.07, 6.45) is 2.30. The molecule has 0 aromatic carbocycles. The molecule has 1 unspecified atom stereocenters. The molecule has 2 rings (SSSR count). The monoisotopic (exact) mass is 283 g/mol. The van der Waals surface area contributed by atoms with E-state index in [0.29, 0.717) is 28.6 Å². The highest BCUT2D eigenvalue weighted by atomic mass is 35.5. The third-order valence-electron chi connectivity index (χ3n) is 3.04. The fourth-order valence-electron chi connectivity index (χ4n) is 1.94. The minimum atomic E-state index is -0.823. The van der Waals surface area contributed by atoms with Crippen molar-refractivity contribution in [3.63, 3.8) is 0 Å². The summed E-state index contributed by atoms with van der Waals surface area (Å²) in [4.78, 5) is 2.05. The van der Waals surface area contributed by atoms with Crippen molar-refractivity contribution in [2.45, 2.75) is 19.6 Å². The van der Waals surface area contributed by atoms with Gasteiger partial charge in [-0.2, -0.15) is 5.10 Å². The maximum Gasteiger partial charge on any atom is 0.125 e. The van der Waals surface area contributed by atoms with E-state index in [1.807, 2.05) is 21.0 Å². The van der Waals surface area contributed by atoms with Crippen LogP contribution in [-0.4, -0.2) is 40.4 Å². The molecule has 1 N–H and O–H groups in total. The van der Waals surface area contributed by atoms with Gasteiger partial charge >= 0.3 is 0 Å². The molecule has 2 heterocycles. The Kier molecular flexibility index (Phi) is 4.29. The quantitative estimate of drug-likeness (QED) is 0.913. The van der Waals surface area contributed by atoms with Crippen LogP contribution < -0.4 is 0 Å². The predicted octanol–water partition coefficient (Wildman–Crippen LogP) is 2.08. The minimum absolute atomic E-state index is 0.465. The fraction of sp³-hybridized carbons (Fsp3) is 0.462. The van der Waals surface area contributed by atoms with E-state index >= 15 is 0 Å². The molecule has 0 aliphatic heterocycles. The van der Waals surface area contributed by atoms with Crippen molar-refractivity contribution in [1.82, 2.24) is 14.7 Å². The Morgan fingerprint density at radius 3 is 2.84 bits per heavy atom. The number of hydrogen-bond donors (Lipinski definition) is 1. The topological polar surface area (TPSA) is 54.4 Å². The first-order valence-electron chi connectivity index (χ1n) is 6.08. The van der Waals surface area contributed by atoms with Crippen molar-refractivity contribution in [2.75, 3.05) is 20.6 Å². The standard InChI is InChI=1S/C13H18ClN3O2/c1-9-10(4-7-19-9)13(18)12-11(14)8-15-17(12)6-5-16(2)3/h4,7-8,13,18H,5-6H2,1-3H3. The minimum Gasteiger partial charge on any atom is -0.469 e. The average Bonchev–Trinajstić information content (AvgIpc) is 2.92. The molecule has 0 aliphatic rings. The van der Waals surface area contributed by atoms with E-state index in [1.54, 1.807) is 23.2 Å². The zero-order valence-corrected chi connectivity index (χ0v) is 12.1. The van der Waals surface area contributed by atoms with E-state index in [9.17, 15) is 5.11 Å². The third-order valence-corrected chi connectivity index (χ3v) is 3.34. The van der Waals surface area contributed by atoms with Crippen LogP contribution in [0.2, 0.25) is 5.02 Å². The molecular weight excluding hydrogens is 266 g/mol. The van der Waals surface area contributed by atoms with Crippen molar-refractivity contribution in [2.24, 2.45) is 0 Å². The van der Waals surface area contributed by atoms with Crippen molar-refractivity contribution in [3.05, 3.63) is 40.6 Å². The van der Waals surface area contributed by atoms with Gasteiger partial charge in [0.1, 0.15) is 11.9 Å². The molecule has 0 fully saturated rings. The Morgan fingerprint density at radius 1 is 1.53 bits per heavy atom. The SMILES string of the molecule is Cc1occc1C(O)c1c(Cl)cnn1CCN(C)C. The van der Waals surface area contributed by atoms with Crippen LogP contribution in [0.5, 0.6) is 0 Å². The molecule has 0 aliphatic carbocycles. The number of aryl methyl sites for hydroxylation is 1. The maximum absolute atomic E-state index is 10.5. The zero-order chi connectivity index (χ0) is 14.0. The van der Waals surface area contributed by atoms with Crippen LogP contribution in [-0.2, 0) is 6.54 Å². The Labute approximate surface area is 117 Å². The molecule has 0 spiro atoms. The van der Waals surface area contributed by atoms with Crippen molar-refractivity contribution in [3.8, 4) is 0 Å². The molecule has 19 heavy (non-hydrogen) atoms. The lowest BCUT2D eigenvalue weighted by Crippen LogP contribution is -2.21. The van der Waals surface area contributed by atoms with Gasteiger partial charge in [-0.15, -0.1) is 0 Å². The van der Waals surface area contributed by atoms with Gasteiger partial charge in [0.2, 0.25) is 0 Å². The van der Waals surface area contributed by atoms with E-state index in [1.165, 1.54) is 0 Å². The van der Waals surface area contributed by atoms with Crippen LogP contribution in [0.4, 0.5) is 0 Å². The second kappa shape index (κ2) is 5.77. The summed E-state index contributed by atoms with van der Waals surface area (Å²) < 4.78 is 6.96. The zero-order valence-electron chi connectivity index (χ0n) is 11.3. The summed E-state index contributed by atoms with van der Waals surface area (Å²) in [5, 5.41) is 15.1. The third kappa shape index (κ3) is 3.00. The molecule has 104 valence electrons. The second-order valence-corrected chi connectivity index (χ2v) is 5.15. The summed E-state index contributed by atoms with van der Waals surface area (Å²) in [5.74, 6) is 0.684. The lowest BCUT2D eigenvalue weighted by molar-refractivity contribution is 0.203. The number of aliphatic hydroxyl groups excluding tert-OH is 1. The molecular formula is C13H18ClN3O2. The average molecular weight is 284 g/mol. The summed E-state index contributed by atoms with van der Waals surface area (Å²) in [5.41, 5.74) is 1.32. The number of rotatable bonds is 5. The highest BCUT2D eigenvalue weighted by Gasteiger charge is 2.22. The van der Waals surface area contributed by atoms with Crippen LogP contribution in [0.3, 0.4) is 0 Å². The summed E-state index contributed by atoms with van der Waals surface area (Å²) in [6, 6.07) is 1.75. The van der Waals surface area contributed by atoms with E-state index < -0.39 is 6.10 Å². The molecule has 2 aromatic rings. The number of aliphatic hydroxyl groups is 1. The molecule has 0 radical (unpaired) electrons. The van der Waals surface area contributed by atoms with Gasteiger partial charge in [0.15, 0.2) is 0 Å². The fourth-order valence-corrected chi connectivity index (χ4v) is 2.19. The summed E-state index contributed by atoms with van der Waals surface area (Å²) in [6.45, 7) is 3.30. The number of aromatic nitrogens is 2. The van der Waals surface area contributed by atoms with E-state index in [-0.39, 0.29) is 0 Å². The van der Waals surface area contributed by atoms with Gasteiger partial charge in [-0.25, -0.2) is 0 Å². The number of hydrogen-bond acceptors (Lipinski definition) is 4. The van der Waals surface area contributed by atoms with Crippen LogP contribution >= 0.6 is 11.6 Å². The first-order chi connectivity index (χ1) is 9.00. The normalized spacial score (nSPS) is 13.2. The number of nitrogens with zero attached hydrogens (tertiary/aromatic N) is 3. The Balaban J connectivity index is 2.28. The first kappa shape index (κ1) is 14.1. The van der Waals surface area contributed by atoms with Gasteiger partial charge in [0, 0.05) is 12.1 Å². The van der Waals surface area contributed by atoms with Gasteiger partial charge in [0.05, 0.1) is 29.7 Å². The molecule has 2 aromatic heterocycles. The highest BCUT2D eigenvalue weighted by Crippen LogP contribution is 2.30. The smallest absolute Gasteiger partial charge is 0.125 e. The van der Waals surface area contributed by atoms with Gasteiger partial charge in [-0.3, -0.25) is 4.68 Å². The van der Waals surface area contributed by atoms with E-state index in [4.69, 9.17) is 16.0 Å².